The lowest BCUT2D eigenvalue weighted by Crippen LogP contribution is -2.22. The Bertz CT molecular complexity index is 1360. The van der Waals surface area contributed by atoms with E-state index in [0.717, 1.165) is 0 Å². The van der Waals surface area contributed by atoms with Crippen molar-refractivity contribution in [3.05, 3.63) is 52.9 Å². The first-order chi connectivity index (χ1) is 17.8. The van der Waals surface area contributed by atoms with Crippen LogP contribution in [0.15, 0.2) is 36.5 Å². The summed E-state index contributed by atoms with van der Waals surface area (Å²) in [7, 11) is 0.267. The molecular formula is C24H22ClFN4O5S2. The third-order valence-corrected chi connectivity index (χ3v) is 9.17. The fraction of sp³-hybridized carbons (Fsp3) is 0.292. The quantitative estimate of drug-likeness (QED) is 0.224. The molecule has 0 aliphatic carbocycles. The van der Waals surface area contributed by atoms with Crippen LogP contribution in [0.4, 0.5) is 21.5 Å². The fourth-order valence-corrected chi connectivity index (χ4v) is 7.25. The number of carbonyl (C=O) groups is 1. The molecule has 1 amide bonds. The fourth-order valence-electron chi connectivity index (χ4n) is 3.63. The summed E-state index contributed by atoms with van der Waals surface area (Å²) in [5.41, 5.74) is 1.64. The van der Waals surface area contributed by atoms with Crippen LogP contribution in [0, 0.1) is 17.1 Å². The van der Waals surface area contributed by atoms with Crippen molar-refractivity contribution in [2.45, 2.75) is 24.2 Å². The molecule has 4 rings (SSSR count). The van der Waals surface area contributed by atoms with Crippen LogP contribution in [0.1, 0.15) is 18.4 Å². The van der Waals surface area contributed by atoms with Crippen LogP contribution in [-0.4, -0.2) is 56.0 Å². The molecule has 1 fully saturated rings. The number of benzene rings is 2. The van der Waals surface area contributed by atoms with Crippen LogP contribution in [0.3, 0.4) is 0 Å². The van der Waals surface area contributed by atoms with Crippen molar-refractivity contribution >= 4 is 66.5 Å². The van der Waals surface area contributed by atoms with Gasteiger partial charge in [-0.15, -0.1) is 0 Å². The van der Waals surface area contributed by atoms with Crippen molar-refractivity contribution in [2.24, 2.45) is 0 Å². The lowest BCUT2D eigenvalue weighted by molar-refractivity contribution is -0.116. The molecule has 3 unspecified atom stereocenters. The van der Waals surface area contributed by atoms with E-state index in [9.17, 15) is 24.1 Å². The van der Waals surface area contributed by atoms with Gasteiger partial charge in [0.05, 0.1) is 50.1 Å². The Kier molecular flexibility index (Phi) is 8.96. The van der Waals surface area contributed by atoms with Gasteiger partial charge in [0.1, 0.15) is 36.1 Å². The maximum atomic E-state index is 13.6. The van der Waals surface area contributed by atoms with E-state index in [1.54, 1.807) is 12.1 Å². The number of aromatic nitrogens is 1. The Morgan fingerprint density at radius 1 is 1.43 bits per heavy atom. The van der Waals surface area contributed by atoms with Crippen molar-refractivity contribution < 1.29 is 28.7 Å². The SMILES string of the molecule is N#Cc1cnc2cc(OCC(O)CO)c(NC(=O)CC3CC[S+]([O-])S3)cc2c1Nc1ccc(F)c(Cl)c1. The molecule has 37 heavy (non-hydrogen) atoms. The van der Waals surface area contributed by atoms with Gasteiger partial charge in [-0.2, -0.15) is 5.26 Å². The summed E-state index contributed by atoms with van der Waals surface area (Å²) < 4.78 is 31.0. The number of fused-ring (bicyclic) bond motifs is 1. The lowest BCUT2D eigenvalue weighted by Gasteiger charge is -2.18. The molecule has 3 aromatic rings. The van der Waals surface area contributed by atoms with Crippen molar-refractivity contribution in [1.82, 2.24) is 4.98 Å². The zero-order valence-corrected chi connectivity index (χ0v) is 21.6. The molecule has 194 valence electrons. The van der Waals surface area contributed by atoms with Gasteiger partial charge in [-0.1, -0.05) is 11.6 Å². The molecule has 0 bridgehead atoms. The number of hydrogen-bond donors (Lipinski definition) is 4. The molecule has 1 aliphatic heterocycles. The number of ether oxygens (including phenoxy) is 1. The number of nitrogens with one attached hydrogen (secondary N) is 2. The van der Waals surface area contributed by atoms with Crippen LogP contribution in [0.25, 0.3) is 10.9 Å². The van der Waals surface area contributed by atoms with Gasteiger partial charge in [-0.25, -0.2) is 4.39 Å². The van der Waals surface area contributed by atoms with Crippen LogP contribution >= 0.6 is 22.4 Å². The zero-order chi connectivity index (χ0) is 26.5. The summed E-state index contributed by atoms with van der Waals surface area (Å²) in [6.45, 7) is -0.749. The van der Waals surface area contributed by atoms with Gasteiger partial charge in [0.25, 0.3) is 0 Å². The average molecular weight is 565 g/mol. The minimum atomic E-state index is -1.14. The number of pyridine rings is 1. The summed E-state index contributed by atoms with van der Waals surface area (Å²) in [5.74, 6) is -0.179. The molecule has 2 heterocycles. The van der Waals surface area contributed by atoms with Gasteiger partial charge >= 0.3 is 0 Å². The van der Waals surface area contributed by atoms with Gasteiger partial charge in [-0.3, -0.25) is 9.78 Å². The lowest BCUT2D eigenvalue weighted by atomic mass is 10.1. The van der Waals surface area contributed by atoms with E-state index >= 15 is 0 Å². The van der Waals surface area contributed by atoms with Crippen molar-refractivity contribution in [3.8, 4) is 11.8 Å². The van der Waals surface area contributed by atoms with Crippen LogP contribution < -0.4 is 15.4 Å². The molecule has 3 atom stereocenters. The number of amides is 1. The van der Waals surface area contributed by atoms with E-state index in [-0.39, 0.29) is 46.2 Å². The third kappa shape index (κ3) is 6.75. The van der Waals surface area contributed by atoms with E-state index in [0.29, 0.717) is 34.5 Å². The Morgan fingerprint density at radius 2 is 2.24 bits per heavy atom. The minimum absolute atomic E-state index is 0.0748. The number of carbonyl (C=O) groups excluding carboxylic acids is 1. The summed E-state index contributed by atoms with van der Waals surface area (Å²) in [4.78, 5) is 17.1. The number of nitrogens with zero attached hydrogens (tertiary/aromatic N) is 2. The first-order valence-electron chi connectivity index (χ1n) is 11.1. The topological polar surface area (TPSA) is 151 Å². The summed E-state index contributed by atoms with van der Waals surface area (Å²) in [6, 6.07) is 9.22. The second-order valence-corrected chi connectivity index (χ2v) is 12.2. The predicted molar refractivity (Wildman–Crippen MR) is 142 cm³/mol. The number of hydrogen-bond acceptors (Lipinski definition) is 9. The number of aliphatic hydroxyl groups excluding tert-OH is 2. The number of nitriles is 1. The molecule has 1 aliphatic rings. The normalized spacial score (nSPS) is 17.8. The largest absolute Gasteiger partial charge is 0.605 e. The van der Waals surface area contributed by atoms with E-state index in [2.05, 4.69) is 21.7 Å². The molecular weight excluding hydrogens is 543 g/mol. The molecule has 1 saturated heterocycles. The average Bonchev–Trinajstić information content (AvgIpc) is 3.29. The van der Waals surface area contributed by atoms with E-state index in [4.69, 9.17) is 21.4 Å². The first-order valence-corrected chi connectivity index (χ1v) is 14.2. The predicted octanol–water partition coefficient (Wildman–Crippen LogP) is 3.87. The van der Waals surface area contributed by atoms with Gasteiger partial charge in [0, 0.05) is 46.4 Å². The first kappa shape index (κ1) is 27.3. The summed E-state index contributed by atoms with van der Waals surface area (Å²) >= 11 is 5.91. The zero-order valence-electron chi connectivity index (χ0n) is 19.2. The molecule has 1 aromatic heterocycles. The van der Waals surface area contributed by atoms with Gasteiger partial charge in [-0.05, 0) is 24.3 Å². The molecule has 0 spiro atoms. The highest BCUT2D eigenvalue weighted by molar-refractivity contribution is 8.72. The molecule has 0 saturated carbocycles. The number of halogens is 2. The summed E-state index contributed by atoms with van der Waals surface area (Å²) in [6.07, 6.45) is 1.03. The van der Waals surface area contributed by atoms with Crippen LogP contribution in [0.5, 0.6) is 5.75 Å². The standard InChI is InChI=1S/C24H22ClFN4O5S2/c25-18-5-14(1-2-19(18)26)29-24-13(9-27)10-28-20-8-22(35-12-15(32)11-31)21(7-17(20)24)30-23(33)6-16-3-4-37(34)36-16/h1-2,5,7-8,10,15-16,31-32H,3-4,6,11-12H2,(H,28,29)(H,30,33). The van der Waals surface area contributed by atoms with E-state index in [1.165, 1.54) is 35.2 Å². The second kappa shape index (κ2) is 12.2. The Labute approximate surface area is 223 Å². The monoisotopic (exact) mass is 564 g/mol. The van der Waals surface area contributed by atoms with Crippen molar-refractivity contribution in [2.75, 3.05) is 29.6 Å². The Balaban J connectivity index is 1.72. The van der Waals surface area contributed by atoms with Crippen molar-refractivity contribution in [1.29, 1.82) is 5.26 Å². The smallest absolute Gasteiger partial charge is 0.225 e. The second-order valence-electron chi connectivity index (χ2n) is 8.19. The Hall–Kier alpha value is -2.79. The summed E-state index contributed by atoms with van der Waals surface area (Å²) in [5, 5.41) is 34.7. The maximum Gasteiger partial charge on any atom is 0.225 e. The highest BCUT2D eigenvalue weighted by Crippen LogP contribution is 2.38. The highest BCUT2D eigenvalue weighted by Gasteiger charge is 2.30. The molecule has 13 heteroatoms. The molecule has 9 nitrogen and oxygen atoms in total. The van der Waals surface area contributed by atoms with Crippen molar-refractivity contribution in [3.63, 3.8) is 0 Å². The van der Waals surface area contributed by atoms with Gasteiger partial charge < -0.3 is 30.1 Å². The van der Waals surface area contributed by atoms with Crippen LogP contribution in [-0.2, 0) is 15.0 Å². The van der Waals surface area contributed by atoms with Gasteiger partial charge in [0.2, 0.25) is 5.91 Å². The molecule has 2 aromatic carbocycles. The number of aliphatic hydroxyl groups is 2. The maximum absolute atomic E-state index is 13.6. The highest BCUT2D eigenvalue weighted by atomic mass is 35.5. The Morgan fingerprint density at radius 3 is 2.92 bits per heavy atom. The van der Waals surface area contributed by atoms with Gasteiger partial charge in [0.15, 0.2) is 0 Å². The van der Waals surface area contributed by atoms with Crippen LogP contribution in [0.2, 0.25) is 5.02 Å². The van der Waals surface area contributed by atoms with E-state index < -0.39 is 28.7 Å². The number of rotatable bonds is 9. The third-order valence-electron chi connectivity index (χ3n) is 5.46. The number of anilines is 3. The van der Waals surface area contributed by atoms with E-state index in [1.807, 2.05) is 0 Å². The molecule has 4 N–H and O–H groups in total. The minimum Gasteiger partial charge on any atom is -0.605 e. The molecule has 0 radical (unpaired) electrons.